The van der Waals surface area contributed by atoms with Gasteiger partial charge in [0.1, 0.15) is 29.2 Å². The second-order valence-corrected chi connectivity index (χ2v) is 17.0. The van der Waals surface area contributed by atoms with Gasteiger partial charge in [-0.1, -0.05) is 90.1 Å². The van der Waals surface area contributed by atoms with E-state index in [-0.39, 0.29) is 10.8 Å². The molecule has 0 unspecified atom stereocenters. The van der Waals surface area contributed by atoms with Crippen molar-refractivity contribution in [2.45, 2.75) is 52.4 Å². The molecule has 0 amide bonds. The second kappa shape index (κ2) is 10.6. The van der Waals surface area contributed by atoms with Gasteiger partial charge in [0.25, 0.3) is 0 Å². The van der Waals surface area contributed by atoms with Crippen LogP contribution in [0.1, 0.15) is 52.7 Å². The minimum Gasteiger partial charge on any atom is -0.454 e. The van der Waals surface area contributed by atoms with Crippen LogP contribution in [0.25, 0.3) is 54.6 Å². The lowest BCUT2D eigenvalue weighted by molar-refractivity contribution is 0.587. The lowest BCUT2D eigenvalue weighted by Crippen LogP contribution is -2.36. The van der Waals surface area contributed by atoms with E-state index >= 15 is 0 Å². The van der Waals surface area contributed by atoms with Crippen molar-refractivity contribution in [2.24, 2.45) is 0 Å². The Morgan fingerprint density at radius 2 is 0.959 bits per heavy atom. The molecule has 49 heavy (non-hydrogen) atoms. The van der Waals surface area contributed by atoms with E-state index in [9.17, 15) is 0 Å². The van der Waals surface area contributed by atoms with Gasteiger partial charge >= 0.3 is 0 Å². The van der Waals surface area contributed by atoms with E-state index in [4.69, 9.17) is 8.83 Å². The molecule has 0 atom stereocenters. The Balaban J connectivity index is 1.31. The number of fused-ring (bicyclic) bond motifs is 6. The zero-order valence-electron chi connectivity index (χ0n) is 28.4. The molecule has 9 rings (SSSR count). The molecule has 2 aromatic heterocycles. The molecule has 1 aliphatic heterocycles. The van der Waals surface area contributed by atoms with Crippen LogP contribution in [0.15, 0.2) is 115 Å². The lowest BCUT2D eigenvalue weighted by Gasteiger charge is -2.40. The van der Waals surface area contributed by atoms with E-state index in [1.54, 1.807) is 0 Å². The summed E-state index contributed by atoms with van der Waals surface area (Å²) in [5.41, 5.74) is 10.3. The van der Waals surface area contributed by atoms with Crippen molar-refractivity contribution in [1.82, 2.24) is 0 Å². The molecule has 6 heteroatoms. The van der Waals surface area contributed by atoms with Gasteiger partial charge in [-0.2, -0.15) is 0 Å². The van der Waals surface area contributed by atoms with E-state index in [1.165, 1.54) is 21.9 Å². The van der Waals surface area contributed by atoms with E-state index < -0.39 is 0 Å². The highest BCUT2D eigenvalue weighted by Crippen LogP contribution is 2.52. The number of rotatable bonds is 2. The van der Waals surface area contributed by atoms with Gasteiger partial charge in [0.2, 0.25) is 0 Å². The van der Waals surface area contributed by atoms with Gasteiger partial charge in [0.15, 0.2) is 11.2 Å². The molecular formula is C43H36Br2N2O2. The van der Waals surface area contributed by atoms with Crippen molar-refractivity contribution in [2.75, 3.05) is 16.5 Å². The van der Waals surface area contributed by atoms with Crippen LogP contribution in [-0.4, -0.2) is 6.67 Å². The molecule has 0 saturated heterocycles. The second-order valence-electron chi connectivity index (χ2n) is 15.3. The third-order valence-electron chi connectivity index (χ3n) is 10.1. The van der Waals surface area contributed by atoms with E-state index in [1.807, 2.05) is 0 Å². The molecule has 0 spiro atoms. The first-order chi connectivity index (χ1) is 23.4. The van der Waals surface area contributed by atoms with E-state index in [2.05, 4.69) is 180 Å². The first kappa shape index (κ1) is 30.8. The Labute approximate surface area is 302 Å². The normalized spacial score (nSPS) is 14.0. The molecule has 6 aromatic carbocycles. The fourth-order valence-electron chi connectivity index (χ4n) is 7.47. The Morgan fingerprint density at radius 1 is 0.531 bits per heavy atom. The number of furan rings is 2. The smallest absolute Gasteiger partial charge is 0.160 e. The summed E-state index contributed by atoms with van der Waals surface area (Å²) in [7, 11) is 0. The van der Waals surface area contributed by atoms with Crippen molar-refractivity contribution >= 4 is 109 Å². The number of nitrogens with zero attached hydrogens (tertiary/aromatic N) is 2. The minimum atomic E-state index is 0.0165. The summed E-state index contributed by atoms with van der Waals surface area (Å²) in [5.74, 6) is 0. The maximum absolute atomic E-state index is 6.83. The van der Waals surface area contributed by atoms with Gasteiger partial charge in [-0.3, -0.25) is 0 Å². The molecule has 0 fully saturated rings. The van der Waals surface area contributed by atoms with Gasteiger partial charge in [-0.15, -0.1) is 0 Å². The molecule has 0 aliphatic carbocycles. The average molecular weight is 773 g/mol. The fraction of sp³-hybridized carbons (Fsp3) is 0.209. The van der Waals surface area contributed by atoms with Gasteiger partial charge in [0.05, 0.1) is 11.4 Å². The molecule has 3 heterocycles. The number of benzene rings is 6. The first-order valence-corrected chi connectivity index (χ1v) is 18.3. The maximum Gasteiger partial charge on any atom is 0.160 e. The third-order valence-corrected chi connectivity index (χ3v) is 11.4. The summed E-state index contributed by atoms with van der Waals surface area (Å²) in [4.78, 5) is 4.78. The first-order valence-electron chi connectivity index (χ1n) is 16.8. The monoisotopic (exact) mass is 770 g/mol. The van der Waals surface area contributed by atoms with Crippen LogP contribution in [0.5, 0.6) is 0 Å². The summed E-state index contributed by atoms with van der Waals surface area (Å²) in [6, 6.07) is 35.1. The molecule has 244 valence electrons. The van der Waals surface area contributed by atoms with Crippen molar-refractivity contribution in [3.05, 3.63) is 117 Å². The van der Waals surface area contributed by atoms with Gasteiger partial charge in [0, 0.05) is 35.9 Å². The van der Waals surface area contributed by atoms with E-state index in [0.29, 0.717) is 6.67 Å². The highest BCUT2D eigenvalue weighted by Gasteiger charge is 2.32. The summed E-state index contributed by atoms with van der Waals surface area (Å²) in [6.07, 6.45) is 0. The predicted molar refractivity (Wildman–Crippen MR) is 213 cm³/mol. The SMILES string of the molecule is CC(C)(C)c1ccc2c(c1)oc1c(N3CN(c4c(Br)ccc5c4oc4cc(C(C)(C)C)ccc45)c4cccc5cccc3c45)c(Br)ccc12. The van der Waals surface area contributed by atoms with Crippen LogP contribution in [0, 0.1) is 0 Å². The zero-order chi connectivity index (χ0) is 34.0. The fourth-order valence-corrected chi connectivity index (χ4v) is 8.52. The Bertz CT molecular complexity index is 2470. The van der Waals surface area contributed by atoms with Crippen molar-refractivity contribution in [1.29, 1.82) is 0 Å². The van der Waals surface area contributed by atoms with Gasteiger partial charge in [-0.25, -0.2) is 0 Å². The average Bonchev–Trinajstić information content (AvgIpc) is 3.62. The molecule has 0 bridgehead atoms. The maximum atomic E-state index is 6.83. The summed E-state index contributed by atoms with van der Waals surface area (Å²) in [6.45, 7) is 14.0. The van der Waals surface area contributed by atoms with Crippen LogP contribution in [0.2, 0.25) is 0 Å². The topological polar surface area (TPSA) is 32.8 Å². The number of halogens is 2. The molecule has 0 saturated carbocycles. The predicted octanol–water partition coefficient (Wildman–Crippen LogP) is 14.0. The Kier molecular flexibility index (Phi) is 6.67. The van der Waals surface area contributed by atoms with Gasteiger partial charge in [-0.05, 0) is 108 Å². The number of hydrogen-bond acceptors (Lipinski definition) is 4. The molecule has 0 radical (unpaired) electrons. The molecular weight excluding hydrogens is 736 g/mol. The Morgan fingerprint density at radius 3 is 1.39 bits per heavy atom. The van der Waals surface area contributed by atoms with E-state index in [0.717, 1.165) is 75.6 Å². The lowest BCUT2D eigenvalue weighted by atomic mass is 9.87. The largest absolute Gasteiger partial charge is 0.454 e. The Hall–Kier alpha value is -4.26. The number of anilines is 4. The third kappa shape index (κ3) is 4.67. The molecule has 4 nitrogen and oxygen atoms in total. The standard InChI is InChI=1S/C43H36Br2N2O2/c1-42(2,3)25-13-15-27-29-17-19-31(44)38(40(29)48-35(27)21-25)46-23-47(34-12-8-10-24-9-7-11-33(46)37(24)34)39-32(45)20-18-30-28-16-14-26(43(4,5)6)22-36(28)49-41(30)39/h7-22H,23H2,1-6H3. The summed E-state index contributed by atoms with van der Waals surface area (Å²) < 4.78 is 15.6. The van der Waals surface area contributed by atoms with Crippen LogP contribution in [0.3, 0.4) is 0 Å². The minimum absolute atomic E-state index is 0.0165. The van der Waals surface area contributed by atoms with Crippen molar-refractivity contribution in [3.63, 3.8) is 0 Å². The highest BCUT2D eigenvalue weighted by atomic mass is 79.9. The molecule has 0 N–H and O–H groups in total. The van der Waals surface area contributed by atoms with Crippen LogP contribution in [0.4, 0.5) is 22.7 Å². The molecule has 1 aliphatic rings. The van der Waals surface area contributed by atoms with Crippen LogP contribution >= 0.6 is 31.9 Å². The molecule has 8 aromatic rings. The zero-order valence-corrected chi connectivity index (χ0v) is 31.6. The van der Waals surface area contributed by atoms with Gasteiger partial charge < -0.3 is 18.6 Å². The van der Waals surface area contributed by atoms with Crippen molar-refractivity contribution in [3.8, 4) is 0 Å². The summed E-state index contributed by atoms with van der Waals surface area (Å²) >= 11 is 7.95. The van der Waals surface area contributed by atoms with Crippen LogP contribution < -0.4 is 9.80 Å². The van der Waals surface area contributed by atoms with Crippen molar-refractivity contribution < 1.29 is 8.83 Å². The van der Waals surface area contributed by atoms with Crippen LogP contribution in [-0.2, 0) is 10.8 Å². The quantitative estimate of drug-likeness (QED) is 0.175. The highest BCUT2D eigenvalue weighted by molar-refractivity contribution is 9.11. The number of hydrogen-bond donors (Lipinski definition) is 0. The summed E-state index contributed by atoms with van der Waals surface area (Å²) in [5, 5.41) is 6.79.